The van der Waals surface area contributed by atoms with Gasteiger partial charge in [-0.05, 0) is 35.3 Å². The van der Waals surface area contributed by atoms with Crippen LogP contribution in [0.3, 0.4) is 0 Å². The Morgan fingerprint density at radius 3 is 2.94 bits per heavy atom. The van der Waals surface area contributed by atoms with Gasteiger partial charge < -0.3 is 5.73 Å². The number of benzene rings is 1. The maximum atomic E-state index is 5.93. The maximum absolute atomic E-state index is 5.93. The number of aromatic nitrogens is 2. The van der Waals surface area contributed by atoms with Crippen LogP contribution in [0.2, 0.25) is 5.02 Å². The molecule has 0 saturated carbocycles. The molecule has 0 aliphatic rings. The van der Waals surface area contributed by atoms with E-state index in [1.54, 1.807) is 11.8 Å². The van der Waals surface area contributed by atoms with Crippen LogP contribution in [-0.2, 0) is 13.0 Å². The van der Waals surface area contributed by atoms with Crippen LogP contribution in [0.15, 0.2) is 27.4 Å². The van der Waals surface area contributed by atoms with Gasteiger partial charge in [-0.2, -0.15) is 4.37 Å². The number of hydrogen-bond acceptors (Lipinski definition) is 5. The van der Waals surface area contributed by atoms with Gasteiger partial charge in [-0.1, -0.05) is 30.3 Å². The lowest BCUT2D eigenvalue weighted by Gasteiger charge is -2.05. The molecule has 0 fully saturated rings. The van der Waals surface area contributed by atoms with E-state index in [0.717, 1.165) is 27.0 Å². The largest absolute Gasteiger partial charge is 0.326 e. The first-order valence-electron chi connectivity index (χ1n) is 5.22. The van der Waals surface area contributed by atoms with Crippen molar-refractivity contribution in [2.45, 2.75) is 29.1 Å². The van der Waals surface area contributed by atoms with Gasteiger partial charge in [-0.3, -0.25) is 0 Å². The van der Waals surface area contributed by atoms with Gasteiger partial charge in [0.05, 0.1) is 0 Å². The summed E-state index contributed by atoms with van der Waals surface area (Å²) in [7, 11) is 0. The van der Waals surface area contributed by atoms with Gasteiger partial charge in [-0.25, -0.2) is 4.98 Å². The lowest BCUT2D eigenvalue weighted by Crippen LogP contribution is -1.98. The molecule has 0 unspecified atom stereocenters. The van der Waals surface area contributed by atoms with Gasteiger partial charge in [0.25, 0.3) is 0 Å². The summed E-state index contributed by atoms with van der Waals surface area (Å²) in [5, 5.41) is 0.710. The molecular weight excluding hydrogens is 274 g/mol. The average Bonchev–Trinajstić information content (AvgIpc) is 2.79. The van der Waals surface area contributed by atoms with Crippen molar-refractivity contribution >= 4 is 34.9 Å². The quantitative estimate of drug-likeness (QED) is 0.936. The molecule has 0 aliphatic carbocycles. The molecule has 6 heteroatoms. The molecule has 0 amide bonds. The SMILES string of the molecule is CCc1nsc(Sc2ccc(Cl)cc2CN)n1. The third-order valence-electron chi connectivity index (χ3n) is 2.21. The van der Waals surface area contributed by atoms with E-state index in [9.17, 15) is 0 Å². The molecule has 2 N–H and O–H groups in total. The second kappa shape index (κ2) is 5.82. The van der Waals surface area contributed by atoms with Crippen molar-refractivity contribution in [2.24, 2.45) is 5.73 Å². The van der Waals surface area contributed by atoms with Crippen LogP contribution < -0.4 is 5.73 Å². The molecule has 0 aliphatic heterocycles. The van der Waals surface area contributed by atoms with E-state index >= 15 is 0 Å². The molecule has 3 nitrogen and oxygen atoms in total. The molecule has 2 aromatic rings. The summed E-state index contributed by atoms with van der Waals surface area (Å²) in [6.45, 7) is 2.52. The number of nitrogens with two attached hydrogens (primary N) is 1. The van der Waals surface area contributed by atoms with E-state index in [0.29, 0.717) is 11.6 Å². The second-order valence-electron chi connectivity index (χ2n) is 3.39. The third kappa shape index (κ3) is 3.19. The summed E-state index contributed by atoms with van der Waals surface area (Å²) < 4.78 is 5.20. The summed E-state index contributed by atoms with van der Waals surface area (Å²) in [6, 6.07) is 5.73. The minimum atomic E-state index is 0.475. The Kier molecular flexibility index (Phi) is 4.39. The molecule has 0 radical (unpaired) electrons. The smallest absolute Gasteiger partial charge is 0.174 e. The van der Waals surface area contributed by atoms with E-state index in [4.69, 9.17) is 17.3 Å². The van der Waals surface area contributed by atoms with Crippen LogP contribution in [0, 0.1) is 0 Å². The third-order valence-corrected chi connectivity index (χ3v) is 4.35. The highest BCUT2D eigenvalue weighted by Gasteiger charge is 2.08. The molecule has 0 atom stereocenters. The van der Waals surface area contributed by atoms with Crippen molar-refractivity contribution in [1.82, 2.24) is 9.36 Å². The van der Waals surface area contributed by atoms with Crippen LogP contribution >= 0.6 is 34.9 Å². The van der Waals surface area contributed by atoms with Gasteiger partial charge >= 0.3 is 0 Å². The molecule has 17 heavy (non-hydrogen) atoms. The van der Waals surface area contributed by atoms with Crippen molar-refractivity contribution in [3.63, 3.8) is 0 Å². The number of nitrogens with zero attached hydrogens (tertiary/aromatic N) is 2. The highest BCUT2D eigenvalue weighted by Crippen LogP contribution is 2.32. The van der Waals surface area contributed by atoms with E-state index in [-0.39, 0.29) is 0 Å². The normalized spacial score (nSPS) is 10.8. The van der Waals surface area contributed by atoms with Crippen LogP contribution in [0.1, 0.15) is 18.3 Å². The fourth-order valence-corrected chi connectivity index (χ4v) is 3.30. The Hall–Kier alpha value is -0.620. The van der Waals surface area contributed by atoms with E-state index in [1.165, 1.54) is 11.5 Å². The van der Waals surface area contributed by atoms with Crippen molar-refractivity contribution in [2.75, 3.05) is 0 Å². The Labute approximate surface area is 114 Å². The van der Waals surface area contributed by atoms with Crippen LogP contribution in [0.25, 0.3) is 0 Å². The summed E-state index contributed by atoms with van der Waals surface area (Å²) in [5.74, 6) is 0.890. The Morgan fingerprint density at radius 2 is 2.29 bits per heavy atom. The van der Waals surface area contributed by atoms with Gasteiger partial charge in [-0.15, -0.1) is 0 Å². The predicted molar refractivity (Wildman–Crippen MR) is 72.8 cm³/mol. The van der Waals surface area contributed by atoms with Crippen molar-refractivity contribution < 1.29 is 0 Å². The first-order valence-corrected chi connectivity index (χ1v) is 7.18. The minimum Gasteiger partial charge on any atom is -0.326 e. The van der Waals surface area contributed by atoms with Crippen molar-refractivity contribution in [3.05, 3.63) is 34.6 Å². The summed E-state index contributed by atoms with van der Waals surface area (Å²) in [6.07, 6.45) is 0.863. The zero-order valence-electron chi connectivity index (χ0n) is 9.31. The molecule has 1 aromatic carbocycles. The summed E-state index contributed by atoms with van der Waals surface area (Å²) in [4.78, 5) is 5.51. The molecule has 0 saturated heterocycles. The Morgan fingerprint density at radius 1 is 1.47 bits per heavy atom. The highest BCUT2D eigenvalue weighted by molar-refractivity contribution is 8.01. The number of halogens is 1. The topological polar surface area (TPSA) is 51.8 Å². The van der Waals surface area contributed by atoms with E-state index < -0.39 is 0 Å². The molecule has 0 spiro atoms. The maximum Gasteiger partial charge on any atom is 0.174 e. The van der Waals surface area contributed by atoms with Gasteiger partial charge in [0, 0.05) is 22.9 Å². The van der Waals surface area contributed by atoms with Crippen LogP contribution in [0.5, 0.6) is 0 Å². The second-order valence-corrected chi connectivity index (χ2v) is 5.87. The lowest BCUT2D eigenvalue weighted by atomic mass is 10.2. The van der Waals surface area contributed by atoms with Gasteiger partial charge in [0.15, 0.2) is 4.34 Å². The zero-order valence-corrected chi connectivity index (χ0v) is 11.7. The molecule has 2 rings (SSSR count). The number of hydrogen-bond donors (Lipinski definition) is 1. The van der Waals surface area contributed by atoms with Gasteiger partial charge in [0.2, 0.25) is 0 Å². The lowest BCUT2D eigenvalue weighted by molar-refractivity contribution is 0.970. The van der Waals surface area contributed by atoms with Crippen LogP contribution in [0.4, 0.5) is 0 Å². The molecule has 1 heterocycles. The summed E-state index contributed by atoms with van der Waals surface area (Å²) in [5.41, 5.74) is 6.74. The standard InChI is InChI=1S/C11H12ClN3S2/c1-2-10-14-11(17-15-10)16-9-4-3-8(12)5-7(9)6-13/h3-5H,2,6,13H2,1H3. The fraction of sp³-hybridized carbons (Fsp3) is 0.273. The minimum absolute atomic E-state index is 0.475. The molecular formula is C11H12ClN3S2. The molecule has 90 valence electrons. The predicted octanol–water partition coefficient (Wildman–Crippen LogP) is 3.36. The fourth-order valence-electron chi connectivity index (χ4n) is 1.32. The molecule has 0 bridgehead atoms. The van der Waals surface area contributed by atoms with E-state index in [2.05, 4.69) is 9.36 Å². The summed E-state index contributed by atoms with van der Waals surface area (Å²) >= 11 is 8.95. The zero-order chi connectivity index (χ0) is 12.3. The monoisotopic (exact) mass is 285 g/mol. The first-order chi connectivity index (χ1) is 8.22. The average molecular weight is 286 g/mol. The van der Waals surface area contributed by atoms with E-state index in [1.807, 2.05) is 25.1 Å². The Bertz CT molecular complexity index is 513. The van der Waals surface area contributed by atoms with Gasteiger partial charge in [0.1, 0.15) is 5.82 Å². The highest BCUT2D eigenvalue weighted by atomic mass is 35.5. The Balaban J connectivity index is 2.23. The van der Waals surface area contributed by atoms with Crippen molar-refractivity contribution in [1.29, 1.82) is 0 Å². The first kappa shape index (κ1) is 12.8. The molecule has 1 aromatic heterocycles. The van der Waals surface area contributed by atoms with Crippen molar-refractivity contribution in [3.8, 4) is 0 Å². The van der Waals surface area contributed by atoms with Crippen LogP contribution in [-0.4, -0.2) is 9.36 Å². The number of rotatable bonds is 4. The number of aryl methyl sites for hydroxylation is 1.